The SMILES string of the molecule is C[C@@H]1CC[C@@H](Cc2ccccc2)[C@]1(C)O. The van der Waals surface area contributed by atoms with Crippen molar-refractivity contribution >= 4 is 0 Å². The van der Waals surface area contributed by atoms with Gasteiger partial charge in [-0.25, -0.2) is 0 Å². The van der Waals surface area contributed by atoms with Crippen molar-refractivity contribution < 1.29 is 5.11 Å². The van der Waals surface area contributed by atoms with E-state index in [1.807, 2.05) is 13.0 Å². The van der Waals surface area contributed by atoms with Crippen molar-refractivity contribution in [1.82, 2.24) is 0 Å². The van der Waals surface area contributed by atoms with Crippen molar-refractivity contribution in [3.05, 3.63) is 35.9 Å². The highest BCUT2D eigenvalue weighted by Crippen LogP contribution is 2.41. The van der Waals surface area contributed by atoms with E-state index < -0.39 is 5.60 Å². The summed E-state index contributed by atoms with van der Waals surface area (Å²) in [6, 6.07) is 10.5. The maximum Gasteiger partial charge on any atom is 0.0676 e. The Morgan fingerprint density at radius 2 is 1.93 bits per heavy atom. The van der Waals surface area contributed by atoms with Gasteiger partial charge in [0.15, 0.2) is 0 Å². The molecule has 1 aromatic carbocycles. The van der Waals surface area contributed by atoms with Gasteiger partial charge >= 0.3 is 0 Å². The number of hydrogen-bond acceptors (Lipinski definition) is 1. The molecule has 0 unspecified atom stereocenters. The largest absolute Gasteiger partial charge is 0.390 e. The summed E-state index contributed by atoms with van der Waals surface area (Å²) in [6.07, 6.45) is 3.33. The maximum absolute atomic E-state index is 10.4. The molecular weight excluding hydrogens is 184 g/mol. The van der Waals surface area contributed by atoms with Gasteiger partial charge in [0.25, 0.3) is 0 Å². The summed E-state index contributed by atoms with van der Waals surface area (Å²) in [5.41, 5.74) is 0.868. The second-order valence-electron chi connectivity index (χ2n) is 5.09. The maximum atomic E-state index is 10.4. The molecule has 0 bridgehead atoms. The Bertz CT molecular complexity index is 315. The van der Waals surface area contributed by atoms with Gasteiger partial charge in [-0.1, -0.05) is 37.3 Å². The van der Waals surface area contributed by atoms with Crippen LogP contribution in [0.1, 0.15) is 32.3 Å². The first-order chi connectivity index (χ1) is 7.10. The molecule has 0 aliphatic heterocycles. The molecule has 0 radical (unpaired) electrons. The summed E-state index contributed by atoms with van der Waals surface area (Å²) in [4.78, 5) is 0. The molecule has 2 rings (SSSR count). The van der Waals surface area contributed by atoms with Gasteiger partial charge in [-0.2, -0.15) is 0 Å². The molecule has 1 aromatic rings. The van der Waals surface area contributed by atoms with E-state index in [-0.39, 0.29) is 0 Å². The second kappa shape index (κ2) is 3.97. The molecule has 1 N–H and O–H groups in total. The molecular formula is C14H20O. The van der Waals surface area contributed by atoms with Crippen LogP contribution in [0.5, 0.6) is 0 Å². The van der Waals surface area contributed by atoms with Crippen LogP contribution in [0, 0.1) is 11.8 Å². The Labute approximate surface area is 92.1 Å². The second-order valence-corrected chi connectivity index (χ2v) is 5.09. The molecule has 1 nitrogen and oxygen atoms in total. The van der Waals surface area contributed by atoms with Gasteiger partial charge in [0.1, 0.15) is 0 Å². The van der Waals surface area contributed by atoms with Crippen LogP contribution in [0.15, 0.2) is 30.3 Å². The van der Waals surface area contributed by atoms with Gasteiger partial charge in [-0.15, -0.1) is 0 Å². The third-order valence-electron chi connectivity index (χ3n) is 4.10. The van der Waals surface area contributed by atoms with Crippen LogP contribution in [-0.2, 0) is 6.42 Å². The van der Waals surface area contributed by atoms with E-state index in [4.69, 9.17) is 0 Å². The third kappa shape index (κ3) is 2.07. The van der Waals surface area contributed by atoms with E-state index in [1.165, 1.54) is 5.56 Å². The number of aliphatic hydroxyl groups is 1. The van der Waals surface area contributed by atoms with Crippen LogP contribution < -0.4 is 0 Å². The molecule has 0 saturated heterocycles. The molecule has 1 saturated carbocycles. The van der Waals surface area contributed by atoms with Crippen LogP contribution in [-0.4, -0.2) is 10.7 Å². The molecule has 0 heterocycles. The molecule has 1 fully saturated rings. The van der Waals surface area contributed by atoms with Crippen molar-refractivity contribution in [2.24, 2.45) is 11.8 Å². The summed E-state index contributed by atoms with van der Waals surface area (Å²) in [5.74, 6) is 0.862. The minimum atomic E-state index is -0.476. The first-order valence-corrected chi connectivity index (χ1v) is 5.87. The molecule has 0 spiro atoms. The first kappa shape index (κ1) is 10.7. The molecule has 15 heavy (non-hydrogen) atoms. The highest BCUT2D eigenvalue weighted by Gasteiger charge is 2.42. The van der Waals surface area contributed by atoms with Crippen LogP contribution in [0.3, 0.4) is 0 Å². The summed E-state index contributed by atoms with van der Waals surface area (Å²) in [5, 5.41) is 10.4. The van der Waals surface area contributed by atoms with Crippen molar-refractivity contribution in [1.29, 1.82) is 0 Å². The minimum Gasteiger partial charge on any atom is -0.390 e. The Kier molecular flexibility index (Phi) is 2.83. The smallest absolute Gasteiger partial charge is 0.0676 e. The lowest BCUT2D eigenvalue weighted by molar-refractivity contribution is -0.0127. The van der Waals surface area contributed by atoms with Gasteiger partial charge in [0, 0.05) is 0 Å². The molecule has 1 aliphatic carbocycles. The van der Waals surface area contributed by atoms with Crippen LogP contribution in [0.25, 0.3) is 0 Å². The molecule has 0 amide bonds. The highest BCUT2D eigenvalue weighted by atomic mass is 16.3. The van der Waals surface area contributed by atoms with Gasteiger partial charge in [0.05, 0.1) is 5.60 Å². The average molecular weight is 204 g/mol. The fourth-order valence-corrected chi connectivity index (χ4v) is 2.65. The minimum absolute atomic E-state index is 0.426. The summed E-state index contributed by atoms with van der Waals surface area (Å²) < 4.78 is 0. The highest BCUT2D eigenvalue weighted by molar-refractivity contribution is 5.16. The van der Waals surface area contributed by atoms with E-state index >= 15 is 0 Å². The Balaban J connectivity index is 2.08. The molecule has 1 aliphatic rings. The average Bonchev–Trinajstić information content (AvgIpc) is 2.47. The molecule has 0 aromatic heterocycles. The molecule has 3 atom stereocenters. The predicted octanol–water partition coefficient (Wildman–Crippen LogP) is 3.03. The Hall–Kier alpha value is -0.820. The van der Waals surface area contributed by atoms with E-state index in [2.05, 4.69) is 31.2 Å². The fourth-order valence-electron chi connectivity index (χ4n) is 2.65. The van der Waals surface area contributed by atoms with Crippen molar-refractivity contribution in [2.45, 2.75) is 38.7 Å². The van der Waals surface area contributed by atoms with Crippen LogP contribution in [0.2, 0.25) is 0 Å². The summed E-state index contributed by atoms with van der Waals surface area (Å²) >= 11 is 0. The first-order valence-electron chi connectivity index (χ1n) is 5.87. The Morgan fingerprint density at radius 1 is 1.27 bits per heavy atom. The lowest BCUT2D eigenvalue weighted by atomic mass is 9.83. The standard InChI is InChI=1S/C14H20O/c1-11-8-9-13(14(11,2)15)10-12-6-4-3-5-7-12/h3-7,11,13,15H,8-10H2,1-2H3/t11-,13+,14-/m1/s1. The van der Waals surface area contributed by atoms with Gasteiger partial charge in [-0.05, 0) is 43.6 Å². The van der Waals surface area contributed by atoms with Crippen LogP contribution in [0.4, 0.5) is 0 Å². The molecule has 1 heteroatoms. The van der Waals surface area contributed by atoms with Gasteiger partial charge < -0.3 is 5.11 Å². The van der Waals surface area contributed by atoms with E-state index in [9.17, 15) is 5.11 Å². The zero-order valence-corrected chi connectivity index (χ0v) is 9.61. The van der Waals surface area contributed by atoms with Gasteiger partial charge in [-0.3, -0.25) is 0 Å². The number of hydrogen-bond donors (Lipinski definition) is 1. The predicted molar refractivity (Wildman–Crippen MR) is 62.7 cm³/mol. The molecule has 82 valence electrons. The van der Waals surface area contributed by atoms with E-state index in [1.54, 1.807) is 0 Å². The number of rotatable bonds is 2. The summed E-state index contributed by atoms with van der Waals surface area (Å²) in [7, 11) is 0. The third-order valence-corrected chi connectivity index (χ3v) is 4.10. The normalized spacial score (nSPS) is 35.7. The topological polar surface area (TPSA) is 20.2 Å². The lowest BCUT2D eigenvalue weighted by Gasteiger charge is -2.29. The van der Waals surface area contributed by atoms with Crippen molar-refractivity contribution in [3.8, 4) is 0 Å². The van der Waals surface area contributed by atoms with Gasteiger partial charge in [0.2, 0.25) is 0 Å². The van der Waals surface area contributed by atoms with Crippen molar-refractivity contribution in [3.63, 3.8) is 0 Å². The van der Waals surface area contributed by atoms with E-state index in [0.29, 0.717) is 11.8 Å². The fraction of sp³-hybridized carbons (Fsp3) is 0.571. The lowest BCUT2D eigenvalue weighted by Crippen LogP contribution is -2.35. The van der Waals surface area contributed by atoms with Crippen molar-refractivity contribution in [2.75, 3.05) is 0 Å². The number of benzene rings is 1. The summed E-state index contributed by atoms with van der Waals surface area (Å²) in [6.45, 7) is 4.16. The van der Waals surface area contributed by atoms with E-state index in [0.717, 1.165) is 19.3 Å². The Morgan fingerprint density at radius 3 is 2.47 bits per heavy atom. The zero-order valence-electron chi connectivity index (χ0n) is 9.61. The van der Waals surface area contributed by atoms with Crippen LogP contribution >= 0.6 is 0 Å². The monoisotopic (exact) mass is 204 g/mol. The quantitative estimate of drug-likeness (QED) is 0.785. The zero-order chi connectivity index (χ0) is 10.9.